The largest absolute Gasteiger partial charge is 0.364 e. The number of sulfonamides is 1. The van der Waals surface area contributed by atoms with Crippen molar-refractivity contribution in [3.8, 4) is 0 Å². The summed E-state index contributed by atoms with van der Waals surface area (Å²) < 4.78 is 31.4. The summed E-state index contributed by atoms with van der Waals surface area (Å²) in [5.74, 6) is 0.658. The number of thiazole rings is 1. The minimum absolute atomic E-state index is 0.137. The molecule has 0 atom stereocenters. The Balaban J connectivity index is 1.59. The fourth-order valence-electron chi connectivity index (χ4n) is 2.92. The van der Waals surface area contributed by atoms with Crippen molar-refractivity contribution in [3.05, 3.63) is 34.1 Å². The van der Waals surface area contributed by atoms with Gasteiger partial charge in [0, 0.05) is 49.9 Å². The molecule has 0 amide bonds. The van der Waals surface area contributed by atoms with E-state index in [4.69, 9.17) is 9.52 Å². The number of hydrogen-bond acceptors (Lipinski definition) is 7. The summed E-state index contributed by atoms with van der Waals surface area (Å²) in [4.78, 5) is 12.4. The maximum atomic E-state index is 12.6. The summed E-state index contributed by atoms with van der Waals surface area (Å²) in [5, 5.41) is 7.98. The molecule has 2 aromatic rings. The van der Waals surface area contributed by atoms with Gasteiger partial charge in [-0.25, -0.2) is 18.4 Å². The Morgan fingerprint density at radius 3 is 2.71 bits per heavy atom. The van der Waals surface area contributed by atoms with Gasteiger partial charge in [0.1, 0.15) is 17.0 Å². The minimum Gasteiger partial charge on any atom is -0.364 e. The van der Waals surface area contributed by atoms with Crippen molar-refractivity contribution in [3.63, 3.8) is 0 Å². The lowest BCUT2D eigenvalue weighted by atomic mass is 10.4. The van der Waals surface area contributed by atoms with Crippen LogP contribution in [-0.2, 0) is 28.7 Å². The van der Waals surface area contributed by atoms with Crippen LogP contribution in [0.3, 0.4) is 0 Å². The first-order chi connectivity index (χ1) is 13.5. The fourth-order valence-corrected chi connectivity index (χ4v) is 5.13. The van der Waals surface area contributed by atoms with Gasteiger partial charge in [0.05, 0.1) is 12.2 Å². The molecule has 2 aromatic heterocycles. The van der Waals surface area contributed by atoms with Crippen LogP contribution >= 0.6 is 11.3 Å². The number of hydrogen-bond donors (Lipinski definition) is 1. The van der Waals surface area contributed by atoms with E-state index in [9.17, 15) is 8.42 Å². The zero-order chi connectivity index (χ0) is 20.0. The molecule has 9 nitrogen and oxygen atoms in total. The Bertz CT molecular complexity index is 871. The summed E-state index contributed by atoms with van der Waals surface area (Å²) in [7, 11) is -3.41. The van der Waals surface area contributed by atoms with Crippen molar-refractivity contribution in [2.75, 3.05) is 32.7 Å². The highest BCUT2D eigenvalue weighted by atomic mass is 32.2. The number of guanidine groups is 1. The molecule has 0 aromatic carbocycles. The SMILES string of the molecule is CCNC(=NCc1ncc(CC)s1)N1CCN(S(=O)(=O)Cc2ccon2)CC1. The molecule has 11 heteroatoms. The van der Waals surface area contributed by atoms with Crippen LogP contribution in [0.4, 0.5) is 0 Å². The molecule has 0 bridgehead atoms. The van der Waals surface area contributed by atoms with E-state index < -0.39 is 10.0 Å². The van der Waals surface area contributed by atoms with Crippen molar-refractivity contribution >= 4 is 27.3 Å². The highest BCUT2D eigenvalue weighted by Gasteiger charge is 2.29. The fraction of sp³-hybridized carbons (Fsp3) is 0.588. The van der Waals surface area contributed by atoms with Gasteiger partial charge in [-0.1, -0.05) is 12.1 Å². The maximum Gasteiger partial charge on any atom is 0.220 e. The van der Waals surface area contributed by atoms with E-state index in [-0.39, 0.29) is 5.75 Å². The van der Waals surface area contributed by atoms with Gasteiger partial charge in [0.25, 0.3) is 0 Å². The molecule has 154 valence electrons. The van der Waals surface area contributed by atoms with Crippen LogP contribution in [-0.4, -0.2) is 66.4 Å². The molecular weight excluding hydrogens is 400 g/mol. The molecule has 28 heavy (non-hydrogen) atoms. The summed E-state index contributed by atoms with van der Waals surface area (Å²) in [5.41, 5.74) is 0.423. The normalized spacial score (nSPS) is 16.5. The van der Waals surface area contributed by atoms with Crippen LogP contribution < -0.4 is 5.32 Å². The quantitative estimate of drug-likeness (QED) is 0.526. The van der Waals surface area contributed by atoms with E-state index in [0.29, 0.717) is 38.4 Å². The van der Waals surface area contributed by atoms with Crippen molar-refractivity contribution in [2.45, 2.75) is 32.6 Å². The van der Waals surface area contributed by atoms with E-state index in [1.807, 2.05) is 13.1 Å². The van der Waals surface area contributed by atoms with Gasteiger partial charge in [0.2, 0.25) is 10.0 Å². The molecule has 0 spiro atoms. The summed E-state index contributed by atoms with van der Waals surface area (Å²) in [6.07, 6.45) is 4.26. The Kier molecular flexibility index (Phi) is 7.03. The highest BCUT2D eigenvalue weighted by molar-refractivity contribution is 7.88. The van der Waals surface area contributed by atoms with Crippen molar-refractivity contribution in [2.24, 2.45) is 4.99 Å². The molecule has 1 N–H and O–H groups in total. The van der Waals surface area contributed by atoms with Crippen LogP contribution in [0.2, 0.25) is 0 Å². The lowest BCUT2D eigenvalue weighted by Gasteiger charge is -2.35. The van der Waals surface area contributed by atoms with Crippen LogP contribution in [0.1, 0.15) is 29.4 Å². The molecule has 3 heterocycles. The van der Waals surface area contributed by atoms with Gasteiger partial charge in [-0.2, -0.15) is 4.31 Å². The number of aromatic nitrogens is 2. The van der Waals surface area contributed by atoms with E-state index in [0.717, 1.165) is 23.9 Å². The summed E-state index contributed by atoms with van der Waals surface area (Å²) in [6.45, 7) is 7.42. The van der Waals surface area contributed by atoms with Crippen molar-refractivity contribution < 1.29 is 12.9 Å². The minimum atomic E-state index is -3.41. The molecule has 1 aliphatic heterocycles. The summed E-state index contributed by atoms with van der Waals surface area (Å²) >= 11 is 1.68. The topological polar surface area (TPSA) is 104 Å². The number of aryl methyl sites for hydroxylation is 1. The third kappa shape index (κ3) is 5.30. The van der Waals surface area contributed by atoms with Crippen molar-refractivity contribution in [1.82, 2.24) is 24.7 Å². The lowest BCUT2D eigenvalue weighted by Crippen LogP contribution is -2.53. The molecule has 1 saturated heterocycles. The van der Waals surface area contributed by atoms with Gasteiger partial charge < -0.3 is 14.7 Å². The van der Waals surface area contributed by atoms with E-state index in [2.05, 4.69) is 27.3 Å². The standard InChI is InChI=1S/C17H26N6O3S2/c1-3-15-11-19-16(27-15)12-20-17(18-4-2)22-6-8-23(9-7-22)28(24,25)13-14-5-10-26-21-14/h5,10-11H,3-4,6-9,12-13H2,1-2H3,(H,18,20). The van der Waals surface area contributed by atoms with Crippen LogP contribution in [0.25, 0.3) is 0 Å². The average Bonchev–Trinajstić information content (AvgIpc) is 3.36. The van der Waals surface area contributed by atoms with E-state index in [1.165, 1.54) is 15.4 Å². The predicted octanol–water partition coefficient (Wildman–Crippen LogP) is 1.31. The Morgan fingerprint density at radius 1 is 1.32 bits per heavy atom. The van der Waals surface area contributed by atoms with Gasteiger partial charge in [-0.3, -0.25) is 0 Å². The molecule has 1 aliphatic rings. The number of nitrogens with one attached hydrogen (secondary N) is 1. The monoisotopic (exact) mass is 426 g/mol. The highest BCUT2D eigenvalue weighted by Crippen LogP contribution is 2.15. The first-order valence-electron chi connectivity index (χ1n) is 9.35. The van der Waals surface area contributed by atoms with E-state index >= 15 is 0 Å². The molecule has 1 fully saturated rings. The smallest absolute Gasteiger partial charge is 0.220 e. The van der Waals surface area contributed by atoms with Crippen LogP contribution in [0.15, 0.2) is 28.0 Å². The number of piperazine rings is 1. The Morgan fingerprint density at radius 2 is 2.11 bits per heavy atom. The first kappa shape index (κ1) is 20.7. The van der Waals surface area contributed by atoms with E-state index in [1.54, 1.807) is 17.4 Å². The van der Waals surface area contributed by atoms with Crippen molar-refractivity contribution in [1.29, 1.82) is 0 Å². The van der Waals surface area contributed by atoms with Crippen LogP contribution in [0, 0.1) is 0 Å². The Hall–Kier alpha value is -1.98. The molecule has 0 radical (unpaired) electrons. The molecule has 3 rings (SSSR count). The van der Waals surface area contributed by atoms with Crippen LogP contribution in [0.5, 0.6) is 0 Å². The number of aliphatic imine (C=N–C) groups is 1. The first-order valence-corrected chi connectivity index (χ1v) is 11.8. The van der Waals surface area contributed by atoms with Gasteiger partial charge in [-0.15, -0.1) is 11.3 Å². The summed E-state index contributed by atoms with van der Waals surface area (Å²) in [6, 6.07) is 1.58. The molecule has 0 saturated carbocycles. The maximum absolute atomic E-state index is 12.6. The van der Waals surface area contributed by atoms with Gasteiger partial charge in [-0.05, 0) is 13.3 Å². The number of rotatable bonds is 7. The molecule has 0 unspecified atom stereocenters. The molecule has 0 aliphatic carbocycles. The number of nitrogens with zero attached hydrogens (tertiary/aromatic N) is 5. The second kappa shape index (κ2) is 9.48. The third-order valence-corrected chi connectivity index (χ3v) is 7.34. The second-order valence-electron chi connectivity index (χ2n) is 6.38. The zero-order valence-corrected chi connectivity index (χ0v) is 17.8. The second-order valence-corrected chi connectivity index (χ2v) is 9.55. The Labute approximate surface area is 169 Å². The lowest BCUT2D eigenvalue weighted by molar-refractivity contribution is 0.259. The zero-order valence-electron chi connectivity index (χ0n) is 16.2. The average molecular weight is 427 g/mol. The van der Waals surface area contributed by atoms with Gasteiger partial charge in [0.15, 0.2) is 5.96 Å². The third-order valence-electron chi connectivity index (χ3n) is 4.40. The van der Waals surface area contributed by atoms with Gasteiger partial charge >= 0.3 is 0 Å². The molecular formula is C17H26N6O3S2. The predicted molar refractivity (Wildman–Crippen MR) is 109 cm³/mol.